The average molecular weight is 385 g/mol. The SMILES string of the molecule is CCOC(=O)c1nnc(NC(=O)c2csc(-c3ccc4c(c3)CCO4)n2)[nH]1. The number of esters is 1. The summed E-state index contributed by atoms with van der Waals surface area (Å²) in [4.78, 5) is 30.9. The van der Waals surface area contributed by atoms with E-state index in [4.69, 9.17) is 9.47 Å². The van der Waals surface area contributed by atoms with Gasteiger partial charge in [-0.2, -0.15) is 0 Å². The molecule has 1 aliphatic rings. The zero-order valence-electron chi connectivity index (χ0n) is 14.3. The van der Waals surface area contributed by atoms with Gasteiger partial charge in [0.15, 0.2) is 0 Å². The molecule has 0 fully saturated rings. The van der Waals surface area contributed by atoms with E-state index in [1.165, 1.54) is 11.3 Å². The van der Waals surface area contributed by atoms with E-state index in [2.05, 4.69) is 25.5 Å². The van der Waals surface area contributed by atoms with Crippen LogP contribution < -0.4 is 10.1 Å². The second-order valence-electron chi connectivity index (χ2n) is 5.66. The molecule has 2 N–H and O–H groups in total. The van der Waals surface area contributed by atoms with Gasteiger partial charge in [-0.1, -0.05) is 0 Å². The van der Waals surface area contributed by atoms with Crippen molar-refractivity contribution in [2.75, 3.05) is 18.5 Å². The molecule has 0 atom stereocenters. The zero-order valence-corrected chi connectivity index (χ0v) is 15.1. The molecule has 4 rings (SSSR count). The first-order valence-electron chi connectivity index (χ1n) is 8.27. The maximum atomic E-state index is 12.4. The number of anilines is 1. The molecule has 0 radical (unpaired) electrons. The number of ether oxygens (including phenoxy) is 2. The summed E-state index contributed by atoms with van der Waals surface area (Å²) >= 11 is 1.37. The summed E-state index contributed by atoms with van der Waals surface area (Å²) in [7, 11) is 0. The number of aromatic amines is 1. The highest BCUT2D eigenvalue weighted by Gasteiger charge is 2.18. The van der Waals surface area contributed by atoms with Crippen molar-refractivity contribution < 1.29 is 19.1 Å². The molecule has 9 nitrogen and oxygen atoms in total. The van der Waals surface area contributed by atoms with Crippen LogP contribution in [-0.2, 0) is 11.2 Å². The molecule has 1 aliphatic heterocycles. The molecule has 0 bridgehead atoms. The Kier molecular flexibility index (Phi) is 4.55. The van der Waals surface area contributed by atoms with Crippen molar-refractivity contribution in [1.82, 2.24) is 20.2 Å². The summed E-state index contributed by atoms with van der Waals surface area (Å²) in [6, 6.07) is 5.88. The maximum Gasteiger partial charge on any atom is 0.376 e. The molecule has 0 saturated heterocycles. The molecule has 0 spiro atoms. The third-order valence-electron chi connectivity index (χ3n) is 3.86. The largest absolute Gasteiger partial charge is 0.493 e. The van der Waals surface area contributed by atoms with Gasteiger partial charge in [0.05, 0.1) is 13.2 Å². The lowest BCUT2D eigenvalue weighted by Gasteiger charge is -2.01. The molecule has 3 heterocycles. The van der Waals surface area contributed by atoms with Crippen LogP contribution in [0.1, 0.15) is 33.6 Å². The molecule has 0 unspecified atom stereocenters. The summed E-state index contributed by atoms with van der Waals surface area (Å²) in [5.74, 6) is -0.217. The number of hydrogen-bond donors (Lipinski definition) is 2. The number of nitrogens with one attached hydrogen (secondary N) is 2. The number of hydrogen-bond acceptors (Lipinski definition) is 8. The van der Waals surface area contributed by atoms with Crippen LogP contribution in [0.2, 0.25) is 0 Å². The number of aromatic nitrogens is 4. The van der Waals surface area contributed by atoms with E-state index >= 15 is 0 Å². The lowest BCUT2D eigenvalue weighted by atomic mass is 10.1. The summed E-state index contributed by atoms with van der Waals surface area (Å²) in [5, 5.41) is 12.3. The minimum Gasteiger partial charge on any atom is -0.493 e. The summed E-state index contributed by atoms with van der Waals surface area (Å²) < 4.78 is 10.3. The number of amides is 1. The quantitative estimate of drug-likeness (QED) is 0.647. The highest BCUT2D eigenvalue weighted by molar-refractivity contribution is 7.13. The first kappa shape index (κ1) is 17.2. The molecule has 2 aromatic heterocycles. The predicted octanol–water partition coefficient (Wildman–Crippen LogP) is 2.29. The number of nitrogens with zero attached hydrogens (tertiary/aromatic N) is 3. The number of H-pyrrole nitrogens is 1. The minimum absolute atomic E-state index is 0.0484. The van der Waals surface area contributed by atoms with Crippen LogP contribution in [0.15, 0.2) is 23.6 Å². The number of fused-ring (bicyclic) bond motifs is 1. The zero-order chi connectivity index (χ0) is 18.8. The van der Waals surface area contributed by atoms with Gasteiger partial charge < -0.3 is 14.5 Å². The fourth-order valence-corrected chi connectivity index (χ4v) is 3.41. The third kappa shape index (κ3) is 3.51. The van der Waals surface area contributed by atoms with Crippen molar-refractivity contribution in [2.45, 2.75) is 13.3 Å². The Labute approximate surface area is 157 Å². The van der Waals surface area contributed by atoms with E-state index in [-0.39, 0.29) is 24.1 Å². The Morgan fingerprint density at radius 2 is 2.26 bits per heavy atom. The molecule has 0 saturated carbocycles. The van der Waals surface area contributed by atoms with Gasteiger partial charge in [0, 0.05) is 17.4 Å². The van der Waals surface area contributed by atoms with Gasteiger partial charge in [-0.25, -0.2) is 9.78 Å². The molecule has 1 amide bonds. The smallest absolute Gasteiger partial charge is 0.376 e. The Morgan fingerprint density at radius 1 is 1.37 bits per heavy atom. The van der Waals surface area contributed by atoms with E-state index in [1.54, 1.807) is 12.3 Å². The number of carbonyl (C=O) groups excluding carboxylic acids is 2. The molecular formula is C17H15N5O4S. The van der Waals surface area contributed by atoms with Crippen molar-refractivity contribution in [2.24, 2.45) is 0 Å². The van der Waals surface area contributed by atoms with Gasteiger partial charge in [-0.05, 0) is 30.7 Å². The van der Waals surface area contributed by atoms with Crippen molar-refractivity contribution >= 4 is 29.2 Å². The first-order valence-corrected chi connectivity index (χ1v) is 9.15. The normalized spacial score (nSPS) is 12.3. The van der Waals surface area contributed by atoms with E-state index in [0.717, 1.165) is 28.3 Å². The van der Waals surface area contributed by atoms with Crippen molar-refractivity contribution in [3.8, 4) is 16.3 Å². The molecule has 10 heteroatoms. The van der Waals surface area contributed by atoms with Crippen LogP contribution in [0, 0.1) is 0 Å². The fourth-order valence-electron chi connectivity index (χ4n) is 2.61. The van der Waals surface area contributed by atoms with Crippen LogP contribution in [0.3, 0.4) is 0 Å². The molecule has 0 aliphatic carbocycles. The second-order valence-corrected chi connectivity index (χ2v) is 6.51. The lowest BCUT2D eigenvalue weighted by molar-refractivity contribution is 0.0512. The number of carbonyl (C=O) groups is 2. The van der Waals surface area contributed by atoms with E-state index < -0.39 is 11.9 Å². The molecular weight excluding hydrogens is 370 g/mol. The Hall–Kier alpha value is -3.27. The van der Waals surface area contributed by atoms with Crippen LogP contribution in [0.25, 0.3) is 10.6 Å². The molecule has 27 heavy (non-hydrogen) atoms. The first-order chi connectivity index (χ1) is 13.1. The van der Waals surface area contributed by atoms with Crippen LogP contribution in [0.5, 0.6) is 5.75 Å². The van der Waals surface area contributed by atoms with Gasteiger partial charge in [0.2, 0.25) is 11.8 Å². The van der Waals surface area contributed by atoms with E-state index in [9.17, 15) is 9.59 Å². The Morgan fingerprint density at radius 3 is 3.11 bits per heavy atom. The van der Waals surface area contributed by atoms with Crippen molar-refractivity contribution in [3.05, 3.63) is 40.7 Å². The molecule has 1 aromatic carbocycles. The topological polar surface area (TPSA) is 119 Å². The summed E-state index contributed by atoms with van der Waals surface area (Å²) in [5.41, 5.74) is 2.33. The van der Waals surface area contributed by atoms with Gasteiger partial charge in [-0.15, -0.1) is 21.5 Å². The second kappa shape index (κ2) is 7.16. The van der Waals surface area contributed by atoms with Gasteiger partial charge in [-0.3, -0.25) is 10.1 Å². The maximum absolute atomic E-state index is 12.4. The number of benzene rings is 1. The standard InChI is InChI=1S/C17H15N5O4S/c1-2-25-16(24)13-19-17(22-21-13)20-14(23)11-8-27-15(18-11)10-3-4-12-9(7-10)5-6-26-12/h3-4,7-8H,2,5-6H2,1H3,(H2,19,20,21,22,23). The van der Waals surface area contributed by atoms with E-state index in [0.29, 0.717) is 6.61 Å². The van der Waals surface area contributed by atoms with Crippen LogP contribution >= 0.6 is 11.3 Å². The molecule has 138 valence electrons. The number of thiazole rings is 1. The highest BCUT2D eigenvalue weighted by Crippen LogP contribution is 2.31. The monoisotopic (exact) mass is 385 g/mol. The van der Waals surface area contributed by atoms with Crippen molar-refractivity contribution in [1.29, 1.82) is 0 Å². The predicted molar refractivity (Wildman–Crippen MR) is 97.0 cm³/mol. The highest BCUT2D eigenvalue weighted by atomic mass is 32.1. The average Bonchev–Trinajstić information content (AvgIpc) is 3.41. The summed E-state index contributed by atoms with van der Waals surface area (Å²) in [6.45, 7) is 2.59. The van der Waals surface area contributed by atoms with E-state index in [1.807, 2.05) is 18.2 Å². The lowest BCUT2D eigenvalue weighted by Crippen LogP contribution is -2.13. The summed E-state index contributed by atoms with van der Waals surface area (Å²) in [6.07, 6.45) is 0.871. The van der Waals surface area contributed by atoms with Crippen LogP contribution in [0.4, 0.5) is 5.95 Å². The number of rotatable bonds is 5. The third-order valence-corrected chi connectivity index (χ3v) is 4.75. The van der Waals surface area contributed by atoms with Crippen molar-refractivity contribution in [3.63, 3.8) is 0 Å². The fraction of sp³-hybridized carbons (Fsp3) is 0.235. The Balaban J connectivity index is 1.47. The van der Waals surface area contributed by atoms with Gasteiger partial charge >= 0.3 is 5.97 Å². The van der Waals surface area contributed by atoms with Gasteiger partial charge in [0.25, 0.3) is 5.91 Å². The van der Waals surface area contributed by atoms with Crippen LogP contribution in [-0.4, -0.2) is 45.3 Å². The van der Waals surface area contributed by atoms with Gasteiger partial charge in [0.1, 0.15) is 16.5 Å². The molecule has 3 aromatic rings. The minimum atomic E-state index is -0.637. The Bertz CT molecular complexity index is 1010.